The summed E-state index contributed by atoms with van der Waals surface area (Å²) < 4.78 is 5.96. The van der Waals surface area contributed by atoms with Crippen molar-refractivity contribution >= 4 is 17.6 Å². The number of ether oxygens (including phenoxy) is 1. The molecule has 0 heterocycles. The third-order valence-electron chi connectivity index (χ3n) is 8.39. The van der Waals surface area contributed by atoms with Crippen molar-refractivity contribution < 1.29 is 19.3 Å². The number of nitrogens with zero attached hydrogens (tertiary/aromatic N) is 1. The molecule has 2 saturated carbocycles. The van der Waals surface area contributed by atoms with Crippen LogP contribution in [0.2, 0.25) is 0 Å². The lowest BCUT2D eigenvalue weighted by molar-refractivity contribution is -0.120. The van der Waals surface area contributed by atoms with E-state index in [-0.39, 0.29) is 16.4 Å². The smallest absolute Gasteiger partial charge is 0.158 e. The Bertz CT molecular complexity index is 1070. The summed E-state index contributed by atoms with van der Waals surface area (Å²) >= 11 is 0. The van der Waals surface area contributed by atoms with Gasteiger partial charge in [0.15, 0.2) is 6.29 Å². The lowest BCUT2D eigenvalue weighted by Gasteiger charge is -2.41. The van der Waals surface area contributed by atoms with Gasteiger partial charge in [-0.15, -0.1) is 0 Å². The number of halogens is 1. The maximum absolute atomic E-state index is 12.8. The summed E-state index contributed by atoms with van der Waals surface area (Å²) in [5.74, 6) is 3.09. The Morgan fingerprint density at radius 2 is 2.00 bits per heavy atom. The number of benzene rings is 1. The number of nitrogens with two attached hydrogens (primary N) is 1. The van der Waals surface area contributed by atoms with Crippen LogP contribution >= 0.6 is 0 Å². The van der Waals surface area contributed by atoms with Crippen LogP contribution in [0.1, 0.15) is 63.0 Å². The SMILES string of the molecule is C=CN=C/C=C/CC(=O)C1C=CC(CN)=C(c2cccc(CC(O)OCC3CC4CC(C)CC(C3)C4)c2)C1.F. The average Bonchev–Trinajstić information content (AvgIpc) is 2.91. The molecule has 4 rings (SSSR count). The fourth-order valence-electron chi connectivity index (χ4n) is 6.83. The first-order valence-electron chi connectivity index (χ1n) is 14.3. The molecule has 3 aliphatic rings. The summed E-state index contributed by atoms with van der Waals surface area (Å²) in [6.07, 6.45) is 17.8. The van der Waals surface area contributed by atoms with E-state index in [1.165, 1.54) is 38.3 Å². The second-order valence-corrected chi connectivity index (χ2v) is 11.5. The van der Waals surface area contributed by atoms with Crippen LogP contribution in [-0.2, 0) is 16.0 Å². The zero-order chi connectivity index (χ0) is 26.9. The molecule has 2 bridgehead atoms. The van der Waals surface area contributed by atoms with E-state index in [2.05, 4.69) is 30.6 Å². The molecule has 0 radical (unpaired) electrons. The number of hydrogen-bond donors (Lipinski definition) is 2. The van der Waals surface area contributed by atoms with E-state index in [0.717, 1.165) is 40.0 Å². The Kier molecular flexibility index (Phi) is 12.0. The van der Waals surface area contributed by atoms with Crippen LogP contribution in [0.5, 0.6) is 0 Å². The fraction of sp³-hybridized carbons (Fsp3) is 0.515. The predicted molar refractivity (Wildman–Crippen MR) is 158 cm³/mol. The van der Waals surface area contributed by atoms with Gasteiger partial charge in [0, 0.05) is 37.7 Å². The zero-order valence-corrected chi connectivity index (χ0v) is 23.2. The lowest BCUT2D eigenvalue weighted by atomic mass is 9.65. The molecule has 39 heavy (non-hydrogen) atoms. The maximum Gasteiger partial charge on any atom is 0.158 e. The molecule has 3 aliphatic carbocycles. The zero-order valence-electron chi connectivity index (χ0n) is 23.2. The molecule has 0 saturated heterocycles. The summed E-state index contributed by atoms with van der Waals surface area (Å²) in [7, 11) is 0. The highest BCUT2D eigenvalue weighted by Crippen LogP contribution is 2.44. The van der Waals surface area contributed by atoms with Crippen LogP contribution in [0.15, 0.2) is 71.9 Å². The highest BCUT2D eigenvalue weighted by atomic mass is 19.0. The number of aliphatic imine (C=N–C) groups is 1. The molecule has 2 fully saturated rings. The van der Waals surface area contributed by atoms with Gasteiger partial charge >= 0.3 is 0 Å². The summed E-state index contributed by atoms with van der Waals surface area (Å²) in [6, 6.07) is 8.22. The molecule has 5 nitrogen and oxygen atoms in total. The molecule has 0 spiro atoms. The lowest BCUT2D eigenvalue weighted by Crippen LogP contribution is -2.33. The highest BCUT2D eigenvalue weighted by Gasteiger charge is 2.34. The summed E-state index contributed by atoms with van der Waals surface area (Å²) in [5.41, 5.74) is 10.3. The molecule has 0 aliphatic heterocycles. The van der Waals surface area contributed by atoms with Crippen molar-refractivity contribution in [3.8, 4) is 0 Å². The van der Waals surface area contributed by atoms with Gasteiger partial charge < -0.3 is 15.6 Å². The van der Waals surface area contributed by atoms with E-state index in [0.29, 0.717) is 38.3 Å². The van der Waals surface area contributed by atoms with Crippen LogP contribution in [0.4, 0.5) is 4.70 Å². The van der Waals surface area contributed by atoms with E-state index in [9.17, 15) is 9.90 Å². The molecule has 1 aromatic carbocycles. The molecule has 0 aromatic heterocycles. The molecular formula is C33H45FN2O3. The van der Waals surface area contributed by atoms with Gasteiger partial charge in [0.1, 0.15) is 5.78 Å². The minimum absolute atomic E-state index is 0. The number of carbonyl (C=O) groups is 1. The number of allylic oxidation sites excluding steroid dienone is 4. The largest absolute Gasteiger partial charge is 0.368 e. The van der Waals surface area contributed by atoms with Crippen molar-refractivity contribution in [2.45, 2.75) is 64.6 Å². The van der Waals surface area contributed by atoms with E-state index in [1.54, 1.807) is 12.3 Å². The van der Waals surface area contributed by atoms with Gasteiger partial charge in [-0.05, 0) is 90.5 Å². The first-order chi connectivity index (χ1) is 18.4. The number of hydrogen-bond acceptors (Lipinski definition) is 5. The van der Waals surface area contributed by atoms with Crippen molar-refractivity contribution in [3.05, 3.63) is 78.0 Å². The standard InChI is InChI=1S/C33H44N2O3.FH/c1-3-35-12-5-4-9-32(36)29-10-11-30(21-34)31(20-29)28-8-6-7-24(18-28)19-33(37)38-22-27-16-25-13-23(2)14-26(15-25)17-27;/h3-8,10-12,18,23,25-27,29,33,37H,1,9,13-17,19-22,34H2,2H3;1H/b5-4+,35-12?;. The normalized spacial score (nSPS) is 27.5. The number of aliphatic hydroxyl groups excluding tert-OH is 1. The predicted octanol–water partition coefficient (Wildman–Crippen LogP) is 6.20. The monoisotopic (exact) mass is 536 g/mol. The molecule has 0 amide bonds. The third-order valence-corrected chi connectivity index (χ3v) is 8.39. The topological polar surface area (TPSA) is 84.9 Å². The minimum atomic E-state index is -0.814. The van der Waals surface area contributed by atoms with Gasteiger partial charge in [-0.2, -0.15) is 0 Å². The molecule has 4 unspecified atom stereocenters. The number of fused-ring (bicyclic) bond motifs is 2. The maximum atomic E-state index is 12.8. The molecule has 1 aromatic rings. The summed E-state index contributed by atoms with van der Waals surface area (Å²) in [6.45, 7) is 6.99. The fourth-order valence-corrected chi connectivity index (χ4v) is 6.83. The van der Waals surface area contributed by atoms with Crippen molar-refractivity contribution in [1.82, 2.24) is 0 Å². The van der Waals surface area contributed by atoms with Crippen molar-refractivity contribution in [3.63, 3.8) is 0 Å². The molecular weight excluding hydrogens is 491 g/mol. The van der Waals surface area contributed by atoms with E-state index < -0.39 is 6.29 Å². The Morgan fingerprint density at radius 3 is 2.72 bits per heavy atom. The molecule has 212 valence electrons. The van der Waals surface area contributed by atoms with E-state index in [4.69, 9.17) is 10.5 Å². The van der Waals surface area contributed by atoms with Gasteiger partial charge in [0.2, 0.25) is 0 Å². The van der Waals surface area contributed by atoms with Gasteiger partial charge in [0.05, 0.1) is 6.61 Å². The van der Waals surface area contributed by atoms with Crippen LogP contribution < -0.4 is 5.73 Å². The minimum Gasteiger partial charge on any atom is -0.368 e. The average molecular weight is 537 g/mol. The third kappa shape index (κ3) is 8.92. The summed E-state index contributed by atoms with van der Waals surface area (Å²) in [5, 5.41) is 10.7. The van der Waals surface area contributed by atoms with Gasteiger partial charge in [-0.3, -0.25) is 14.5 Å². The van der Waals surface area contributed by atoms with Crippen molar-refractivity contribution in [1.29, 1.82) is 0 Å². The number of aliphatic hydroxyl groups is 1. The first-order valence-corrected chi connectivity index (χ1v) is 14.3. The number of rotatable bonds is 12. The van der Waals surface area contributed by atoms with Crippen LogP contribution in [-0.4, -0.2) is 36.5 Å². The Morgan fingerprint density at radius 1 is 1.23 bits per heavy atom. The Balaban J connectivity index is 0.00000420. The number of ketones is 1. The van der Waals surface area contributed by atoms with Crippen molar-refractivity contribution in [2.75, 3.05) is 13.2 Å². The highest BCUT2D eigenvalue weighted by molar-refractivity contribution is 5.88. The van der Waals surface area contributed by atoms with Gasteiger partial charge in [-0.1, -0.05) is 56.0 Å². The number of carbonyl (C=O) groups excluding carboxylic acids is 1. The molecule has 6 heteroatoms. The van der Waals surface area contributed by atoms with E-state index in [1.807, 2.05) is 30.4 Å². The van der Waals surface area contributed by atoms with Crippen LogP contribution in [0, 0.1) is 29.6 Å². The van der Waals surface area contributed by atoms with Crippen molar-refractivity contribution in [2.24, 2.45) is 40.3 Å². The molecule has 4 atom stereocenters. The second-order valence-electron chi connectivity index (χ2n) is 11.5. The first kappa shape index (κ1) is 30.9. The van der Waals surface area contributed by atoms with Gasteiger partial charge in [-0.25, -0.2) is 0 Å². The molecule has 3 N–H and O–H groups in total. The number of Topliss-reactive ketones (excluding diaryl/α,β-unsaturated/α-hetero) is 1. The van der Waals surface area contributed by atoms with Gasteiger partial charge in [0.25, 0.3) is 0 Å². The Labute approximate surface area is 233 Å². The van der Waals surface area contributed by atoms with E-state index >= 15 is 0 Å². The summed E-state index contributed by atoms with van der Waals surface area (Å²) in [4.78, 5) is 16.7. The quantitative estimate of drug-likeness (QED) is 0.246. The van der Waals surface area contributed by atoms with Crippen LogP contribution in [0.3, 0.4) is 0 Å². The Hall–Kier alpha value is -2.67. The second kappa shape index (κ2) is 15.2. The van der Waals surface area contributed by atoms with Crippen LogP contribution in [0.25, 0.3) is 5.57 Å².